The van der Waals surface area contributed by atoms with E-state index in [4.69, 9.17) is 5.73 Å². The van der Waals surface area contributed by atoms with E-state index in [1.807, 2.05) is 0 Å². The minimum atomic E-state index is 0. The van der Waals surface area contributed by atoms with Crippen LogP contribution in [0.15, 0.2) is 0 Å². The molecule has 0 spiro atoms. The lowest BCUT2D eigenvalue weighted by molar-refractivity contribution is -0.126. The Kier molecular flexibility index (Phi) is 5.06. The second kappa shape index (κ2) is 5.87. The minimum absolute atomic E-state index is 0. The molecule has 0 aliphatic heterocycles. The maximum atomic E-state index is 11.8. The topological polar surface area (TPSA) is 55.1 Å². The predicted molar refractivity (Wildman–Crippen MR) is 67.5 cm³/mol. The summed E-state index contributed by atoms with van der Waals surface area (Å²) in [7, 11) is 0. The Labute approximate surface area is 104 Å². The zero-order valence-electron chi connectivity index (χ0n) is 9.95. The van der Waals surface area contributed by atoms with E-state index < -0.39 is 0 Å². The lowest BCUT2D eigenvalue weighted by atomic mass is 9.91. The van der Waals surface area contributed by atoms with E-state index in [0.29, 0.717) is 18.0 Å². The largest absolute Gasteiger partial charge is 0.353 e. The summed E-state index contributed by atoms with van der Waals surface area (Å²) in [5, 5.41) is 3.17. The average Bonchev–Trinajstić information content (AvgIpc) is 3.04. The van der Waals surface area contributed by atoms with Crippen molar-refractivity contribution in [3.8, 4) is 0 Å². The fraction of sp³-hybridized carbons (Fsp3) is 0.917. The van der Waals surface area contributed by atoms with E-state index in [1.54, 1.807) is 0 Å². The molecule has 3 nitrogen and oxygen atoms in total. The number of carbonyl (C=O) groups excluding carboxylic acids is 1. The van der Waals surface area contributed by atoms with E-state index in [0.717, 1.165) is 25.7 Å². The third-order valence-corrected chi connectivity index (χ3v) is 3.86. The molecule has 3 N–H and O–H groups in total. The van der Waals surface area contributed by atoms with Crippen LogP contribution in [-0.2, 0) is 4.79 Å². The van der Waals surface area contributed by atoms with Gasteiger partial charge in [0.2, 0.25) is 5.91 Å². The molecule has 2 fully saturated rings. The first kappa shape index (κ1) is 13.8. The van der Waals surface area contributed by atoms with E-state index in [9.17, 15) is 4.79 Å². The van der Waals surface area contributed by atoms with Crippen LogP contribution in [-0.4, -0.2) is 18.0 Å². The van der Waals surface area contributed by atoms with Crippen LogP contribution in [0.5, 0.6) is 0 Å². The highest BCUT2D eigenvalue weighted by molar-refractivity contribution is 5.85. The van der Waals surface area contributed by atoms with E-state index in [1.165, 1.54) is 12.8 Å². The summed E-state index contributed by atoms with van der Waals surface area (Å²) in [4.78, 5) is 11.8. The van der Waals surface area contributed by atoms with Crippen LogP contribution in [0.4, 0.5) is 0 Å². The molecule has 0 aromatic rings. The number of hydrogen-bond donors (Lipinski definition) is 2. The van der Waals surface area contributed by atoms with Crippen LogP contribution in [0.3, 0.4) is 0 Å². The highest BCUT2D eigenvalue weighted by Crippen LogP contribution is 2.36. The van der Waals surface area contributed by atoms with Gasteiger partial charge in [0.25, 0.3) is 0 Å². The van der Waals surface area contributed by atoms with E-state index >= 15 is 0 Å². The van der Waals surface area contributed by atoms with Gasteiger partial charge in [-0.2, -0.15) is 0 Å². The molecule has 0 aromatic heterocycles. The van der Waals surface area contributed by atoms with Crippen molar-refractivity contribution < 1.29 is 4.79 Å². The number of nitrogens with two attached hydrogens (primary N) is 1. The van der Waals surface area contributed by atoms with E-state index in [2.05, 4.69) is 12.2 Å². The molecular weight excluding hydrogens is 224 g/mol. The zero-order valence-corrected chi connectivity index (χ0v) is 10.8. The Hall–Kier alpha value is -0.280. The number of hydrogen-bond acceptors (Lipinski definition) is 2. The van der Waals surface area contributed by atoms with Crippen LogP contribution < -0.4 is 11.1 Å². The molecule has 2 aliphatic rings. The van der Waals surface area contributed by atoms with Gasteiger partial charge in [0.1, 0.15) is 0 Å². The van der Waals surface area contributed by atoms with Gasteiger partial charge in [0.05, 0.1) is 0 Å². The van der Waals surface area contributed by atoms with Crippen molar-refractivity contribution in [2.45, 2.75) is 57.5 Å². The smallest absolute Gasteiger partial charge is 0.223 e. The number of nitrogens with one attached hydrogen (secondary N) is 1. The molecule has 2 rings (SSSR count). The first-order chi connectivity index (χ1) is 7.16. The molecule has 94 valence electrons. The maximum absolute atomic E-state index is 11.8. The second-order valence-corrected chi connectivity index (χ2v) is 5.25. The SMILES string of the molecule is CC(C(=O)NC1CCC(N)CC1)C1CC1.Cl. The van der Waals surface area contributed by atoms with E-state index in [-0.39, 0.29) is 24.2 Å². The molecule has 0 saturated heterocycles. The molecule has 1 amide bonds. The lowest BCUT2D eigenvalue weighted by Gasteiger charge is -2.27. The molecule has 16 heavy (non-hydrogen) atoms. The van der Waals surface area contributed by atoms with Gasteiger partial charge >= 0.3 is 0 Å². The maximum Gasteiger partial charge on any atom is 0.223 e. The fourth-order valence-electron chi connectivity index (χ4n) is 2.41. The number of amides is 1. The Balaban J connectivity index is 0.00000128. The van der Waals surface area contributed by atoms with Gasteiger partial charge in [-0.3, -0.25) is 4.79 Å². The molecule has 0 bridgehead atoms. The van der Waals surface area contributed by atoms with Gasteiger partial charge in [-0.15, -0.1) is 12.4 Å². The number of carbonyl (C=O) groups is 1. The molecule has 0 aromatic carbocycles. The summed E-state index contributed by atoms with van der Waals surface area (Å²) in [6.45, 7) is 2.06. The van der Waals surface area contributed by atoms with Crippen LogP contribution >= 0.6 is 12.4 Å². The number of rotatable bonds is 3. The Morgan fingerprint density at radius 2 is 1.75 bits per heavy atom. The molecule has 4 heteroatoms. The van der Waals surface area contributed by atoms with Gasteiger partial charge in [-0.25, -0.2) is 0 Å². The Bertz CT molecular complexity index is 235. The molecule has 2 saturated carbocycles. The molecule has 1 unspecified atom stereocenters. The molecular formula is C12H23ClN2O. The van der Waals surface area contributed by atoms with Gasteiger partial charge < -0.3 is 11.1 Å². The van der Waals surface area contributed by atoms with Crippen LogP contribution in [0.2, 0.25) is 0 Å². The number of halogens is 1. The highest BCUT2D eigenvalue weighted by Gasteiger charge is 2.33. The predicted octanol–water partition coefficient (Wildman–Crippen LogP) is 1.84. The average molecular weight is 247 g/mol. The molecule has 1 atom stereocenters. The third-order valence-electron chi connectivity index (χ3n) is 3.86. The van der Waals surface area contributed by atoms with Crippen molar-refractivity contribution in [2.24, 2.45) is 17.6 Å². The van der Waals surface area contributed by atoms with Crippen molar-refractivity contribution in [1.82, 2.24) is 5.32 Å². The first-order valence-electron chi connectivity index (χ1n) is 6.22. The molecule has 0 radical (unpaired) electrons. The fourth-order valence-corrected chi connectivity index (χ4v) is 2.41. The summed E-state index contributed by atoms with van der Waals surface area (Å²) >= 11 is 0. The van der Waals surface area contributed by atoms with Crippen LogP contribution in [0, 0.1) is 11.8 Å². The standard InChI is InChI=1S/C12H22N2O.ClH/c1-8(9-2-3-9)12(15)14-11-6-4-10(13)5-7-11;/h8-11H,2-7,13H2,1H3,(H,14,15);1H. The molecule has 0 heterocycles. The van der Waals surface area contributed by atoms with Gasteiger partial charge in [-0.05, 0) is 44.4 Å². The quantitative estimate of drug-likeness (QED) is 0.799. The second-order valence-electron chi connectivity index (χ2n) is 5.25. The summed E-state index contributed by atoms with van der Waals surface area (Å²) in [5.41, 5.74) is 5.83. The van der Waals surface area contributed by atoms with Crippen LogP contribution in [0.1, 0.15) is 45.4 Å². The van der Waals surface area contributed by atoms with Crippen molar-refractivity contribution in [3.63, 3.8) is 0 Å². The van der Waals surface area contributed by atoms with Gasteiger partial charge in [0.15, 0.2) is 0 Å². The first-order valence-corrected chi connectivity index (χ1v) is 6.22. The highest BCUT2D eigenvalue weighted by atomic mass is 35.5. The monoisotopic (exact) mass is 246 g/mol. The Morgan fingerprint density at radius 1 is 1.19 bits per heavy atom. The van der Waals surface area contributed by atoms with Crippen molar-refractivity contribution in [3.05, 3.63) is 0 Å². The summed E-state index contributed by atoms with van der Waals surface area (Å²) in [6, 6.07) is 0.748. The minimum Gasteiger partial charge on any atom is -0.353 e. The van der Waals surface area contributed by atoms with Crippen molar-refractivity contribution >= 4 is 18.3 Å². The van der Waals surface area contributed by atoms with Gasteiger partial charge in [-0.1, -0.05) is 6.92 Å². The third kappa shape index (κ3) is 3.63. The van der Waals surface area contributed by atoms with Crippen LogP contribution in [0.25, 0.3) is 0 Å². The molecule has 2 aliphatic carbocycles. The van der Waals surface area contributed by atoms with Gasteiger partial charge in [0, 0.05) is 18.0 Å². The van der Waals surface area contributed by atoms with Crippen molar-refractivity contribution in [2.75, 3.05) is 0 Å². The van der Waals surface area contributed by atoms with Crippen molar-refractivity contribution in [1.29, 1.82) is 0 Å². The Morgan fingerprint density at radius 3 is 2.25 bits per heavy atom. The summed E-state index contributed by atoms with van der Waals surface area (Å²) < 4.78 is 0. The summed E-state index contributed by atoms with van der Waals surface area (Å²) in [6.07, 6.45) is 6.72. The lowest BCUT2D eigenvalue weighted by Crippen LogP contribution is -2.42. The zero-order chi connectivity index (χ0) is 10.8. The normalized spacial score (nSPS) is 31.4. The summed E-state index contributed by atoms with van der Waals surface area (Å²) in [5.74, 6) is 1.15.